The molecule has 0 unspecified atom stereocenters. The zero-order valence-electron chi connectivity index (χ0n) is 8.18. The summed E-state index contributed by atoms with van der Waals surface area (Å²) >= 11 is 0. The minimum Gasteiger partial charge on any atom is -0.397 e. The Hall–Kier alpha value is -2.35. The van der Waals surface area contributed by atoms with Crippen molar-refractivity contribution in [3.8, 4) is 11.9 Å². The van der Waals surface area contributed by atoms with E-state index < -0.39 is 0 Å². The topological polar surface area (TPSA) is 80.5 Å². The Kier molecular flexibility index (Phi) is 2.10. The highest BCUT2D eigenvalue weighted by atomic mass is 15.3. The fraction of sp³-hybridized carbons (Fsp3) is 0.100. The number of anilines is 1. The molecule has 0 amide bonds. The standard InChI is InChI=1S/C10H9N5/c1-7-2-3-15(14-7)10-8(5-11)4-9(12)6-13-10/h2-4,6H,12H2,1H3. The molecule has 0 saturated carbocycles. The quantitative estimate of drug-likeness (QED) is 0.743. The number of hydrogen-bond donors (Lipinski definition) is 1. The number of aryl methyl sites for hydroxylation is 1. The highest BCUT2D eigenvalue weighted by Gasteiger charge is 2.07. The Morgan fingerprint density at radius 1 is 1.53 bits per heavy atom. The first-order valence-electron chi connectivity index (χ1n) is 4.39. The summed E-state index contributed by atoms with van der Waals surface area (Å²) in [5, 5.41) is 13.1. The van der Waals surface area contributed by atoms with Crippen LogP contribution < -0.4 is 5.73 Å². The SMILES string of the molecule is Cc1ccn(-c2ncc(N)cc2C#N)n1. The number of nitrogens with two attached hydrogens (primary N) is 1. The molecule has 0 aromatic carbocycles. The maximum absolute atomic E-state index is 8.92. The van der Waals surface area contributed by atoms with Gasteiger partial charge in [0.15, 0.2) is 5.82 Å². The molecule has 0 fully saturated rings. The van der Waals surface area contributed by atoms with Gasteiger partial charge in [-0.2, -0.15) is 10.4 Å². The monoisotopic (exact) mass is 199 g/mol. The predicted octanol–water partition coefficient (Wildman–Crippen LogP) is 1.03. The van der Waals surface area contributed by atoms with E-state index in [2.05, 4.69) is 10.1 Å². The molecule has 2 aromatic heterocycles. The molecular formula is C10H9N5. The minimum atomic E-state index is 0.415. The van der Waals surface area contributed by atoms with E-state index >= 15 is 0 Å². The van der Waals surface area contributed by atoms with Gasteiger partial charge in [0.1, 0.15) is 6.07 Å². The van der Waals surface area contributed by atoms with Gasteiger partial charge in [-0.05, 0) is 19.1 Å². The molecule has 0 bridgehead atoms. The van der Waals surface area contributed by atoms with Crippen LogP contribution in [0.25, 0.3) is 5.82 Å². The van der Waals surface area contributed by atoms with E-state index in [1.54, 1.807) is 16.9 Å². The molecule has 5 heteroatoms. The van der Waals surface area contributed by atoms with Crippen LogP contribution in [0.15, 0.2) is 24.5 Å². The number of hydrogen-bond acceptors (Lipinski definition) is 4. The predicted molar refractivity (Wildman–Crippen MR) is 55.2 cm³/mol. The minimum absolute atomic E-state index is 0.415. The van der Waals surface area contributed by atoms with Gasteiger partial charge in [0.25, 0.3) is 0 Å². The van der Waals surface area contributed by atoms with E-state index in [1.807, 2.05) is 19.1 Å². The third kappa shape index (κ3) is 1.65. The van der Waals surface area contributed by atoms with Crippen molar-refractivity contribution in [1.29, 1.82) is 5.26 Å². The third-order valence-electron chi connectivity index (χ3n) is 1.95. The van der Waals surface area contributed by atoms with Crippen LogP contribution >= 0.6 is 0 Å². The molecule has 0 radical (unpaired) electrons. The summed E-state index contributed by atoms with van der Waals surface area (Å²) in [6, 6.07) is 5.47. The molecule has 74 valence electrons. The molecular weight excluding hydrogens is 190 g/mol. The highest BCUT2D eigenvalue weighted by molar-refractivity contribution is 5.51. The van der Waals surface area contributed by atoms with E-state index in [1.165, 1.54) is 6.20 Å². The largest absolute Gasteiger partial charge is 0.397 e. The Morgan fingerprint density at radius 3 is 2.93 bits per heavy atom. The van der Waals surface area contributed by atoms with Crippen LogP contribution in [0.1, 0.15) is 11.3 Å². The summed E-state index contributed by atoms with van der Waals surface area (Å²) in [7, 11) is 0. The maximum atomic E-state index is 8.92. The van der Waals surface area contributed by atoms with Crippen molar-refractivity contribution in [2.24, 2.45) is 0 Å². The van der Waals surface area contributed by atoms with Crippen LogP contribution in [-0.4, -0.2) is 14.8 Å². The summed E-state index contributed by atoms with van der Waals surface area (Å²) in [4.78, 5) is 4.09. The molecule has 2 heterocycles. The van der Waals surface area contributed by atoms with E-state index in [9.17, 15) is 0 Å². The fourth-order valence-electron chi connectivity index (χ4n) is 1.27. The normalized spacial score (nSPS) is 9.87. The van der Waals surface area contributed by atoms with Crippen LogP contribution in [0.4, 0.5) is 5.69 Å². The van der Waals surface area contributed by atoms with Crippen molar-refractivity contribution in [2.45, 2.75) is 6.92 Å². The average molecular weight is 199 g/mol. The summed E-state index contributed by atoms with van der Waals surface area (Å²) in [5.41, 5.74) is 7.30. The van der Waals surface area contributed by atoms with Gasteiger partial charge in [-0.1, -0.05) is 0 Å². The lowest BCUT2D eigenvalue weighted by atomic mass is 10.2. The third-order valence-corrected chi connectivity index (χ3v) is 1.95. The van der Waals surface area contributed by atoms with Crippen molar-refractivity contribution in [3.63, 3.8) is 0 Å². The van der Waals surface area contributed by atoms with Crippen molar-refractivity contribution in [1.82, 2.24) is 14.8 Å². The number of nitrogens with zero attached hydrogens (tertiary/aromatic N) is 4. The molecule has 0 spiro atoms. The van der Waals surface area contributed by atoms with Crippen LogP contribution in [-0.2, 0) is 0 Å². The van der Waals surface area contributed by atoms with Crippen LogP contribution in [0.2, 0.25) is 0 Å². The molecule has 2 rings (SSSR count). The van der Waals surface area contributed by atoms with Gasteiger partial charge in [-0.25, -0.2) is 9.67 Å². The molecule has 2 aromatic rings. The van der Waals surface area contributed by atoms with Crippen molar-refractivity contribution < 1.29 is 0 Å². The molecule has 2 N–H and O–H groups in total. The van der Waals surface area contributed by atoms with E-state index in [-0.39, 0.29) is 0 Å². The number of rotatable bonds is 1. The molecule has 0 saturated heterocycles. The Bertz CT molecular complexity index is 535. The Labute approximate surface area is 86.8 Å². The van der Waals surface area contributed by atoms with E-state index in [0.717, 1.165) is 5.69 Å². The summed E-state index contributed by atoms with van der Waals surface area (Å²) < 4.78 is 1.56. The van der Waals surface area contributed by atoms with E-state index in [4.69, 9.17) is 11.0 Å². The summed E-state index contributed by atoms with van der Waals surface area (Å²) in [5.74, 6) is 0.500. The molecule has 5 nitrogen and oxygen atoms in total. The zero-order chi connectivity index (χ0) is 10.8. The van der Waals surface area contributed by atoms with Crippen molar-refractivity contribution in [2.75, 3.05) is 5.73 Å². The number of nitrogen functional groups attached to an aromatic ring is 1. The van der Waals surface area contributed by atoms with Gasteiger partial charge >= 0.3 is 0 Å². The Morgan fingerprint density at radius 2 is 2.33 bits per heavy atom. The van der Waals surface area contributed by atoms with Crippen LogP contribution in [0.3, 0.4) is 0 Å². The van der Waals surface area contributed by atoms with Gasteiger partial charge in [0, 0.05) is 6.20 Å². The second-order valence-electron chi connectivity index (χ2n) is 3.15. The lowest BCUT2D eigenvalue weighted by Gasteiger charge is -2.02. The van der Waals surface area contributed by atoms with Gasteiger partial charge in [-0.15, -0.1) is 0 Å². The highest BCUT2D eigenvalue weighted by Crippen LogP contribution is 2.13. The second kappa shape index (κ2) is 3.42. The van der Waals surface area contributed by atoms with Gasteiger partial charge in [0.05, 0.1) is 23.1 Å². The van der Waals surface area contributed by atoms with Crippen molar-refractivity contribution >= 4 is 5.69 Å². The zero-order valence-corrected chi connectivity index (χ0v) is 8.18. The van der Waals surface area contributed by atoms with Gasteiger partial charge in [0.2, 0.25) is 0 Å². The first-order valence-corrected chi connectivity index (χ1v) is 4.39. The lowest BCUT2D eigenvalue weighted by Crippen LogP contribution is -2.02. The van der Waals surface area contributed by atoms with Crippen LogP contribution in [0, 0.1) is 18.3 Å². The fourth-order valence-corrected chi connectivity index (χ4v) is 1.27. The number of pyridine rings is 1. The number of nitriles is 1. The maximum Gasteiger partial charge on any atom is 0.171 e. The van der Waals surface area contributed by atoms with Crippen LogP contribution in [0.5, 0.6) is 0 Å². The average Bonchev–Trinajstić information content (AvgIpc) is 2.64. The molecule has 0 atom stereocenters. The molecule has 15 heavy (non-hydrogen) atoms. The lowest BCUT2D eigenvalue weighted by molar-refractivity contribution is 0.829. The smallest absolute Gasteiger partial charge is 0.171 e. The second-order valence-corrected chi connectivity index (χ2v) is 3.15. The molecule has 0 aliphatic rings. The first-order chi connectivity index (χ1) is 7.20. The summed E-state index contributed by atoms with van der Waals surface area (Å²) in [6.07, 6.45) is 3.27. The van der Waals surface area contributed by atoms with Crippen molar-refractivity contribution in [3.05, 3.63) is 35.8 Å². The van der Waals surface area contributed by atoms with E-state index in [0.29, 0.717) is 17.1 Å². The Balaban J connectivity index is 2.58. The summed E-state index contributed by atoms with van der Waals surface area (Å²) in [6.45, 7) is 1.87. The van der Waals surface area contributed by atoms with Gasteiger partial charge in [-0.3, -0.25) is 0 Å². The first kappa shape index (κ1) is 9.21. The van der Waals surface area contributed by atoms with Gasteiger partial charge < -0.3 is 5.73 Å². The molecule has 0 aliphatic heterocycles. The number of aromatic nitrogens is 3. The molecule has 0 aliphatic carbocycles.